The van der Waals surface area contributed by atoms with Crippen LogP contribution in [-0.2, 0) is 17.3 Å². The fourth-order valence-electron chi connectivity index (χ4n) is 4.12. The number of aromatic nitrogens is 1. The molecule has 0 saturated heterocycles. The molecule has 0 aliphatic carbocycles. The van der Waals surface area contributed by atoms with Crippen LogP contribution in [0, 0.1) is 13.8 Å². The molecular formula is C25H25N3OS2. The SMILES string of the molecule is Cc1ccc2c(c1C)N(CCCNCc1nc3ccccc3s1)c1ccccc1S2=O. The Morgan fingerprint density at radius 3 is 2.68 bits per heavy atom. The van der Waals surface area contributed by atoms with Crippen LogP contribution in [0.4, 0.5) is 11.4 Å². The lowest BCUT2D eigenvalue weighted by molar-refractivity contribution is 0.645. The first-order chi connectivity index (χ1) is 15.1. The van der Waals surface area contributed by atoms with Crippen molar-refractivity contribution in [1.82, 2.24) is 10.3 Å². The number of thiazole rings is 1. The van der Waals surface area contributed by atoms with E-state index < -0.39 is 10.8 Å². The van der Waals surface area contributed by atoms with E-state index in [1.165, 1.54) is 15.8 Å². The minimum absolute atomic E-state index is 0.786. The van der Waals surface area contributed by atoms with Crippen molar-refractivity contribution in [2.75, 3.05) is 18.0 Å². The third-order valence-electron chi connectivity index (χ3n) is 5.84. The Balaban J connectivity index is 1.30. The zero-order chi connectivity index (χ0) is 21.4. The summed E-state index contributed by atoms with van der Waals surface area (Å²) in [5.41, 5.74) is 5.69. The molecule has 0 amide bonds. The molecule has 1 atom stereocenters. The van der Waals surface area contributed by atoms with Gasteiger partial charge in [-0.1, -0.05) is 30.3 Å². The number of nitrogens with one attached hydrogen (secondary N) is 1. The van der Waals surface area contributed by atoms with Crippen LogP contribution in [0.3, 0.4) is 0 Å². The molecule has 0 radical (unpaired) electrons. The number of hydrogen-bond donors (Lipinski definition) is 1. The molecule has 4 nitrogen and oxygen atoms in total. The van der Waals surface area contributed by atoms with Gasteiger partial charge < -0.3 is 10.2 Å². The minimum atomic E-state index is -1.14. The highest BCUT2D eigenvalue weighted by Crippen LogP contribution is 2.44. The summed E-state index contributed by atoms with van der Waals surface area (Å²) in [4.78, 5) is 8.88. The largest absolute Gasteiger partial charge is 0.339 e. The second-order valence-corrected chi connectivity index (χ2v) is 10.4. The van der Waals surface area contributed by atoms with Crippen molar-refractivity contribution in [1.29, 1.82) is 0 Å². The van der Waals surface area contributed by atoms with E-state index in [1.807, 2.05) is 30.3 Å². The zero-order valence-corrected chi connectivity index (χ0v) is 19.4. The minimum Gasteiger partial charge on any atom is -0.339 e. The van der Waals surface area contributed by atoms with Crippen LogP contribution in [0.15, 0.2) is 70.5 Å². The van der Waals surface area contributed by atoms with Crippen molar-refractivity contribution in [3.63, 3.8) is 0 Å². The van der Waals surface area contributed by atoms with Crippen molar-refractivity contribution in [3.05, 3.63) is 76.8 Å². The molecule has 158 valence electrons. The smallest absolute Gasteiger partial charge is 0.108 e. The van der Waals surface area contributed by atoms with Gasteiger partial charge in [-0.2, -0.15) is 0 Å². The maximum absolute atomic E-state index is 13.2. The summed E-state index contributed by atoms with van der Waals surface area (Å²) in [6.07, 6.45) is 0.985. The number of rotatable bonds is 6. The lowest BCUT2D eigenvalue weighted by Gasteiger charge is -2.34. The van der Waals surface area contributed by atoms with Gasteiger partial charge >= 0.3 is 0 Å². The molecule has 4 aromatic rings. The van der Waals surface area contributed by atoms with Gasteiger partial charge in [0.05, 0.1) is 42.2 Å². The topological polar surface area (TPSA) is 45.2 Å². The molecule has 31 heavy (non-hydrogen) atoms. The first-order valence-corrected chi connectivity index (χ1v) is 12.5. The summed E-state index contributed by atoms with van der Waals surface area (Å²) < 4.78 is 14.4. The average molecular weight is 448 g/mol. The molecule has 0 saturated carbocycles. The van der Waals surface area contributed by atoms with E-state index in [0.29, 0.717) is 0 Å². The standard InChI is InChI=1S/C25H25N3OS2/c1-17-12-13-23-25(18(17)2)28(20-9-4-6-11-22(20)31(23)29)15-7-14-26-16-24-27-19-8-3-5-10-21(19)30-24/h3-6,8-13,26H,7,14-16H2,1-2H3. The fraction of sp³-hybridized carbons (Fsp3) is 0.240. The number of fused-ring (bicyclic) bond motifs is 3. The van der Waals surface area contributed by atoms with Crippen LogP contribution in [0.1, 0.15) is 22.6 Å². The Morgan fingerprint density at radius 1 is 1.00 bits per heavy atom. The van der Waals surface area contributed by atoms with Gasteiger partial charge in [0, 0.05) is 13.1 Å². The molecule has 2 heterocycles. The first-order valence-electron chi connectivity index (χ1n) is 10.6. The van der Waals surface area contributed by atoms with Gasteiger partial charge in [0.25, 0.3) is 0 Å². The normalized spacial score (nSPS) is 15.2. The third kappa shape index (κ3) is 3.80. The summed E-state index contributed by atoms with van der Waals surface area (Å²) in [7, 11) is -1.14. The number of anilines is 2. The number of benzene rings is 3. The van der Waals surface area contributed by atoms with Crippen LogP contribution in [0.2, 0.25) is 0 Å². The van der Waals surface area contributed by atoms with E-state index in [4.69, 9.17) is 4.98 Å². The summed E-state index contributed by atoms with van der Waals surface area (Å²) >= 11 is 1.75. The molecule has 1 aliphatic rings. The number of hydrogen-bond acceptors (Lipinski definition) is 5. The predicted molar refractivity (Wildman–Crippen MR) is 130 cm³/mol. The molecule has 5 rings (SSSR count). The Hall–Kier alpha value is -2.54. The van der Waals surface area contributed by atoms with Gasteiger partial charge in [0.2, 0.25) is 0 Å². The van der Waals surface area contributed by atoms with Crippen LogP contribution < -0.4 is 10.2 Å². The quantitative estimate of drug-likeness (QED) is 0.385. The maximum atomic E-state index is 13.2. The van der Waals surface area contributed by atoms with E-state index in [1.54, 1.807) is 11.3 Å². The van der Waals surface area contributed by atoms with E-state index in [9.17, 15) is 4.21 Å². The Bertz CT molecular complexity index is 1250. The number of nitrogens with zero attached hydrogens (tertiary/aromatic N) is 2. The van der Waals surface area contributed by atoms with Gasteiger partial charge in [0.1, 0.15) is 5.01 Å². The van der Waals surface area contributed by atoms with Gasteiger partial charge in [-0.25, -0.2) is 9.19 Å². The van der Waals surface area contributed by atoms with Gasteiger partial charge in [0.15, 0.2) is 0 Å². The van der Waals surface area contributed by atoms with Crippen LogP contribution in [0.25, 0.3) is 10.2 Å². The van der Waals surface area contributed by atoms with Crippen LogP contribution in [0.5, 0.6) is 0 Å². The molecule has 1 aliphatic heterocycles. The Labute approximate surface area is 189 Å². The van der Waals surface area contributed by atoms with Crippen molar-refractivity contribution >= 4 is 43.7 Å². The molecule has 0 spiro atoms. The predicted octanol–water partition coefficient (Wildman–Crippen LogP) is 5.71. The second-order valence-electron chi connectivity index (χ2n) is 7.85. The molecule has 6 heteroatoms. The molecule has 1 unspecified atom stereocenters. The van der Waals surface area contributed by atoms with Gasteiger partial charge in [-0.05, 0) is 68.3 Å². The first kappa shape index (κ1) is 20.4. The van der Waals surface area contributed by atoms with Crippen molar-refractivity contribution in [2.24, 2.45) is 0 Å². The number of aryl methyl sites for hydroxylation is 1. The lowest BCUT2D eigenvalue weighted by atomic mass is 10.1. The van der Waals surface area contributed by atoms with Crippen molar-refractivity contribution in [2.45, 2.75) is 36.6 Å². The van der Waals surface area contributed by atoms with Crippen molar-refractivity contribution in [3.8, 4) is 0 Å². The average Bonchev–Trinajstić information content (AvgIpc) is 3.21. The molecule has 0 fully saturated rings. The van der Waals surface area contributed by atoms with E-state index in [2.05, 4.69) is 54.4 Å². The fourth-order valence-corrected chi connectivity index (χ4v) is 6.50. The monoisotopic (exact) mass is 447 g/mol. The number of para-hydroxylation sites is 2. The molecule has 1 N–H and O–H groups in total. The van der Waals surface area contributed by atoms with E-state index in [-0.39, 0.29) is 0 Å². The zero-order valence-electron chi connectivity index (χ0n) is 17.7. The Morgan fingerprint density at radius 2 is 1.81 bits per heavy atom. The Kier molecular flexibility index (Phi) is 5.61. The van der Waals surface area contributed by atoms with Crippen molar-refractivity contribution < 1.29 is 4.21 Å². The molecular weight excluding hydrogens is 422 g/mol. The van der Waals surface area contributed by atoms with Gasteiger partial charge in [-0.15, -0.1) is 11.3 Å². The van der Waals surface area contributed by atoms with Gasteiger partial charge in [-0.3, -0.25) is 0 Å². The summed E-state index contributed by atoms with van der Waals surface area (Å²) in [5.74, 6) is 0. The van der Waals surface area contributed by atoms with E-state index >= 15 is 0 Å². The highest BCUT2D eigenvalue weighted by Gasteiger charge is 2.29. The second kappa shape index (κ2) is 8.54. The summed E-state index contributed by atoms with van der Waals surface area (Å²) in [6.45, 7) is 6.82. The van der Waals surface area contributed by atoms with Crippen LogP contribution in [-0.4, -0.2) is 22.3 Å². The molecule has 1 aromatic heterocycles. The van der Waals surface area contributed by atoms with E-state index in [0.717, 1.165) is 57.7 Å². The lowest BCUT2D eigenvalue weighted by Crippen LogP contribution is -2.28. The third-order valence-corrected chi connectivity index (χ3v) is 8.35. The van der Waals surface area contributed by atoms with Crippen LogP contribution >= 0.6 is 11.3 Å². The summed E-state index contributed by atoms with van der Waals surface area (Å²) in [5, 5.41) is 4.67. The highest BCUT2D eigenvalue weighted by molar-refractivity contribution is 7.85. The molecule has 0 bridgehead atoms. The summed E-state index contributed by atoms with van der Waals surface area (Å²) in [6, 6.07) is 20.5. The highest BCUT2D eigenvalue weighted by atomic mass is 32.2. The maximum Gasteiger partial charge on any atom is 0.108 e. The molecule has 3 aromatic carbocycles.